The summed E-state index contributed by atoms with van der Waals surface area (Å²) >= 11 is 0. The van der Waals surface area contributed by atoms with Crippen molar-refractivity contribution in [3.05, 3.63) is 292 Å². The fourth-order valence-corrected chi connectivity index (χ4v) is 15.0. The molecule has 12 heterocycles. The first-order valence-corrected chi connectivity index (χ1v) is 40.5. The zero-order chi connectivity index (χ0) is 84.4. The molecule has 3 aliphatic heterocycles. The highest BCUT2D eigenvalue weighted by Crippen LogP contribution is 2.40. The smallest absolute Gasteiger partial charge is 0.246 e. The van der Waals surface area contributed by atoms with Gasteiger partial charge in [-0.3, -0.25) is 14.4 Å². The fourth-order valence-electron chi connectivity index (χ4n) is 15.0. The van der Waals surface area contributed by atoms with Crippen LogP contribution in [0.15, 0.2) is 292 Å². The average molecular weight is 1640 g/mol. The number of likely N-dealkylation sites (tertiary alicyclic amines) is 3. The molecule has 6 aromatic carbocycles. The Balaban J connectivity index is 0.000000137. The molecule has 618 valence electrons. The number of aromatic nitrogens is 15. The first kappa shape index (κ1) is 81.0. The Kier molecular flexibility index (Phi) is 25.2. The summed E-state index contributed by atoms with van der Waals surface area (Å²) in [4.78, 5) is 87.7. The molecular weight excluding hydrogens is 1550 g/mol. The highest BCUT2D eigenvalue weighted by molar-refractivity contribution is 6.01. The van der Waals surface area contributed by atoms with Crippen molar-refractivity contribution in [2.24, 2.45) is 0 Å². The number of pyridine rings is 3. The number of ether oxygens (including phenoxy) is 3. The standard InChI is InChI=1S/C32H32N8O2.C31H30N8O2.C30H28N8O2/c1-38(27-12-5-6-18-34-27)19-8-13-28(41)39-20-7-9-24(21-39)40-32-29(31(33)35-22-36-32)30(37-40)23-14-16-26(17-15-23)42-25-10-3-2-4-11-25;1-37(26-10-5-6-17-33-26)18-7-11-27(40)38-19-16-23(20-38)39-31-28(30(32)34-21-35-31)29(36-39)22-12-14-25(15-13-22)41-24-8-3-2-4-9-24;31-29-27-28(21-11-13-24(14-12-21)40-23-7-2-1-3-8-23)36-38(30(27)35-20-34-29)22-15-18-37(19-22)26(39)10-6-17-33-25-9-4-5-16-32-25/h2-6,8,10-18,22,24H,7,9,19-21H2,1H3,(H2,33,35,36);2-15,17,21,23H,16,18-20H2,1H3,(H2,32,34,35);1-14,16,20,22H,15,17-19H2,(H,32,33)(H2,31,34,35)/b13-8+;11-7+;10-6+/t24-;23-;22-/m111/s1. The Morgan fingerprint density at radius 3 is 1.07 bits per heavy atom. The SMILES string of the molecule is CN(C/C=C/C(=O)N1CCC[C@@H](n2nc(-c3ccc(Oc4ccccc4)cc3)c3c(N)ncnc32)C1)c1ccccn1.CN(C/C=C/C(=O)N1CC[C@@H](n2nc(-c3ccc(Oc4ccccc4)cc3)c3c(N)ncnc32)C1)c1ccccn1.Nc1ncnc2c1c(-c1ccc(Oc3ccccc3)cc1)nn2[C@@H]1CCN(C(=O)/C=C/CNc2ccccn2)C1. The number of para-hydroxylation sites is 3. The number of piperidine rings is 1. The lowest BCUT2D eigenvalue weighted by Crippen LogP contribution is -2.40. The Morgan fingerprint density at radius 2 is 0.715 bits per heavy atom. The van der Waals surface area contributed by atoms with Crippen LogP contribution in [-0.4, -0.2) is 180 Å². The Hall–Kier alpha value is -15.8. The van der Waals surface area contributed by atoms with Crippen LogP contribution in [0.5, 0.6) is 34.5 Å². The van der Waals surface area contributed by atoms with E-state index in [1.54, 1.807) is 36.8 Å². The molecule has 7 N–H and O–H groups in total. The van der Waals surface area contributed by atoms with Crippen molar-refractivity contribution in [3.8, 4) is 68.3 Å². The number of carbonyl (C=O) groups is 3. The zero-order valence-electron chi connectivity index (χ0n) is 67.8. The minimum atomic E-state index is -0.0430. The van der Waals surface area contributed by atoms with E-state index in [9.17, 15) is 14.4 Å². The number of nitrogens with one attached hydrogen (secondary N) is 1. The quantitative estimate of drug-likeness (QED) is 0.0408. The monoisotopic (exact) mass is 1640 g/mol. The summed E-state index contributed by atoms with van der Waals surface area (Å²) in [6, 6.07) is 69.1. The number of amides is 3. The lowest BCUT2D eigenvalue weighted by Gasteiger charge is -2.32. The summed E-state index contributed by atoms with van der Waals surface area (Å²) in [5, 5.41) is 20.2. The molecule has 123 heavy (non-hydrogen) atoms. The van der Waals surface area contributed by atoms with Crippen LogP contribution in [0.1, 0.15) is 43.8 Å². The van der Waals surface area contributed by atoms with Crippen molar-refractivity contribution in [1.29, 1.82) is 0 Å². The van der Waals surface area contributed by atoms with E-state index in [-0.39, 0.29) is 35.8 Å². The predicted molar refractivity (Wildman–Crippen MR) is 476 cm³/mol. The van der Waals surface area contributed by atoms with Crippen molar-refractivity contribution in [2.75, 3.05) is 105 Å². The number of benzene rings is 6. The zero-order valence-corrected chi connectivity index (χ0v) is 67.8. The second kappa shape index (κ2) is 38.3. The van der Waals surface area contributed by atoms with Crippen LogP contribution >= 0.6 is 0 Å². The Morgan fingerprint density at radius 1 is 0.382 bits per heavy atom. The third-order valence-corrected chi connectivity index (χ3v) is 21.3. The van der Waals surface area contributed by atoms with Gasteiger partial charge in [0.1, 0.15) is 105 Å². The third-order valence-electron chi connectivity index (χ3n) is 21.3. The van der Waals surface area contributed by atoms with Crippen LogP contribution in [-0.2, 0) is 14.4 Å². The van der Waals surface area contributed by atoms with Crippen LogP contribution in [0.4, 0.5) is 34.9 Å². The van der Waals surface area contributed by atoms with Crippen LogP contribution in [0, 0.1) is 0 Å². The number of nitrogens with two attached hydrogens (primary N) is 3. The molecule has 0 unspecified atom stereocenters. The summed E-state index contributed by atoms with van der Waals surface area (Å²) in [7, 11) is 3.90. The van der Waals surface area contributed by atoms with E-state index >= 15 is 0 Å². The molecule has 30 heteroatoms. The van der Waals surface area contributed by atoms with E-state index in [1.807, 2.05) is 289 Å². The normalized spacial score (nSPS) is 15.1. The lowest BCUT2D eigenvalue weighted by atomic mass is 10.1. The fraction of sp³-hybridized carbons (Fsp3) is 0.194. The first-order chi connectivity index (χ1) is 60.3. The Bertz CT molecular complexity index is 6190. The molecule has 3 atom stereocenters. The maximum absolute atomic E-state index is 13.1. The van der Waals surface area contributed by atoms with E-state index in [0.717, 1.165) is 94.3 Å². The molecule has 0 bridgehead atoms. The van der Waals surface area contributed by atoms with E-state index in [1.165, 1.54) is 19.0 Å². The van der Waals surface area contributed by atoms with E-state index < -0.39 is 0 Å². The number of nitrogen functional groups attached to an aromatic ring is 3. The molecule has 15 aromatic rings. The summed E-state index contributed by atoms with van der Waals surface area (Å²) < 4.78 is 23.5. The van der Waals surface area contributed by atoms with Gasteiger partial charge in [0, 0.05) is 127 Å². The van der Waals surface area contributed by atoms with E-state index in [4.69, 9.17) is 46.7 Å². The molecule has 0 radical (unpaired) electrons. The van der Waals surface area contributed by atoms with Crippen LogP contribution < -0.4 is 46.5 Å². The van der Waals surface area contributed by atoms with Gasteiger partial charge in [0.15, 0.2) is 16.9 Å². The van der Waals surface area contributed by atoms with Crippen molar-refractivity contribution in [1.82, 2.24) is 88.9 Å². The van der Waals surface area contributed by atoms with Gasteiger partial charge in [-0.1, -0.05) is 91.0 Å². The molecule has 0 saturated carbocycles. The lowest BCUT2D eigenvalue weighted by molar-refractivity contribution is -0.128. The molecule has 3 amide bonds. The maximum atomic E-state index is 13.1. The number of fused-ring (bicyclic) bond motifs is 3. The highest BCUT2D eigenvalue weighted by atomic mass is 16.5. The summed E-state index contributed by atoms with van der Waals surface area (Å²) in [5.41, 5.74) is 25.7. The minimum absolute atomic E-state index is 0.0195. The molecule has 3 aliphatic rings. The highest BCUT2D eigenvalue weighted by Gasteiger charge is 2.34. The summed E-state index contributed by atoms with van der Waals surface area (Å²) in [6.07, 6.45) is 23.3. The molecule has 30 nitrogen and oxygen atoms in total. The van der Waals surface area contributed by atoms with Crippen LogP contribution in [0.3, 0.4) is 0 Å². The number of anilines is 6. The van der Waals surface area contributed by atoms with Crippen LogP contribution in [0.25, 0.3) is 66.9 Å². The van der Waals surface area contributed by atoms with E-state index in [2.05, 4.69) is 50.2 Å². The van der Waals surface area contributed by atoms with Gasteiger partial charge in [0.25, 0.3) is 0 Å². The molecule has 0 aliphatic carbocycles. The van der Waals surface area contributed by atoms with Gasteiger partial charge >= 0.3 is 0 Å². The molecule has 3 fully saturated rings. The number of nitrogens with zero attached hydrogens (tertiary/aromatic N) is 20. The first-order valence-electron chi connectivity index (χ1n) is 40.5. The van der Waals surface area contributed by atoms with Gasteiger partial charge in [-0.2, -0.15) is 15.3 Å². The van der Waals surface area contributed by atoms with Gasteiger partial charge in [0.2, 0.25) is 17.7 Å². The van der Waals surface area contributed by atoms with E-state index in [0.29, 0.717) is 127 Å². The number of hydrogen-bond donors (Lipinski definition) is 4. The molecule has 0 spiro atoms. The van der Waals surface area contributed by atoms with Crippen molar-refractivity contribution < 1.29 is 28.6 Å². The summed E-state index contributed by atoms with van der Waals surface area (Å²) in [6.45, 7) is 5.22. The minimum Gasteiger partial charge on any atom is -0.457 e. The predicted octanol–water partition coefficient (Wildman–Crippen LogP) is 14.6. The van der Waals surface area contributed by atoms with Crippen molar-refractivity contribution in [3.63, 3.8) is 0 Å². The maximum Gasteiger partial charge on any atom is 0.246 e. The van der Waals surface area contributed by atoms with Gasteiger partial charge in [0.05, 0.1) is 34.3 Å². The summed E-state index contributed by atoms with van der Waals surface area (Å²) in [5.74, 6) is 7.95. The topological polar surface area (TPSA) is 355 Å². The number of hydrogen-bond acceptors (Lipinski definition) is 24. The van der Waals surface area contributed by atoms with Crippen molar-refractivity contribution >= 4 is 85.7 Å². The second-order valence-electron chi connectivity index (χ2n) is 29.5. The van der Waals surface area contributed by atoms with Gasteiger partial charge in [-0.25, -0.2) is 58.9 Å². The number of rotatable bonds is 24. The Labute approximate surface area is 709 Å². The second-order valence-corrected chi connectivity index (χ2v) is 29.5. The number of carbonyl (C=O) groups excluding carboxylic acids is 3. The number of likely N-dealkylation sites (N-methyl/N-ethyl adjacent to an activating group) is 2. The molecule has 18 rings (SSSR count). The van der Waals surface area contributed by atoms with Crippen molar-refractivity contribution in [2.45, 2.75) is 43.8 Å². The van der Waals surface area contributed by atoms with Gasteiger partial charge < -0.3 is 61.2 Å². The average Bonchev–Trinajstić information content (AvgIpc) is 1.62. The third kappa shape index (κ3) is 19.5. The van der Waals surface area contributed by atoms with Gasteiger partial charge in [-0.15, -0.1) is 0 Å². The van der Waals surface area contributed by atoms with Gasteiger partial charge in [-0.05, 0) is 171 Å². The largest absolute Gasteiger partial charge is 0.457 e. The van der Waals surface area contributed by atoms with Crippen LogP contribution in [0.2, 0.25) is 0 Å². The molecule has 3 saturated heterocycles. The molecule has 9 aromatic heterocycles. The molecular formula is C93H90N24O6.